The Bertz CT molecular complexity index is 459. The molecule has 1 heterocycles. The quantitative estimate of drug-likeness (QED) is 0.893. The molecular weight excluding hydrogens is 295 g/mol. The normalized spacial score (nSPS) is 22.9. The minimum Gasteiger partial charge on any atom is -0.348 e. The van der Waals surface area contributed by atoms with Crippen LogP contribution >= 0.6 is 24.0 Å². The van der Waals surface area contributed by atoms with Crippen molar-refractivity contribution in [2.75, 3.05) is 6.54 Å². The number of halogens is 2. The van der Waals surface area contributed by atoms with Crippen LogP contribution in [0, 0.1) is 0 Å². The molecule has 3 nitrogen and oxygen atoms in total. The number of benzene rings is 1. The minimum absolute atomic E-state index is 0. The predicted molar refractivity (Wildman–Crippen MR) is 85.5 cm³/mol. The molecule has 0 bridgehead atoms. The van der Waals surface area contributed by atoms with E-state index in [-0.39, 0.29) is 29.9 Å². The van der Waals surface area contributed by atoms with Crippen LogP contribution in [-0.2, 0) is 4.79 Å². The van der Waals surface area contributed by atoms with E-state index in [1.165, 1.54) is 0 Å². The van der Waals surface area contributed by atoms with Gasteiger partial charge in [0.1, 0.15) is 0 Å². The van der Waals surface area contributed by atoms with Crippen molar-refractivity contribution in [3.05, 3.63) is 34.9 Å². The molecule has 0 aliphatic carbocycles. The van der Waals surface area contributed by atoms with E-state index < -0.39 is 0 Å². The van der Waals surface area contributed by atoms with Gasteiger partial charge < -0.3 is 10.6 Å². The molecule has 1 saturated heterocycles. The van der Waals surface area contributed by atoms with Crippen LogP contribution in [0.15, 0.2) is 24.3 Å². The largest absolute Gasteiger partial charge is 0.348 e. The van der Waals surface area contributed by atoms with Crippen molar-refractivity contribution in [1.29, 1.82) is 0 Å². The zero-order valence-electron chi connectivity index (χ0n) is 11.9. The van der Waals surface area contributed by atoms with Crippen LogP contribution in [-0.4, -0.2) is 18.0 Å². The molecule has 0 radical (unpaired) electrons. The van der Waals surface area contributed by atoms with Crippen LogP contribution in [0.4, 0.5) is 0 Å². The maximum Gasteiger partial charge on any atom is 0.240 e. The summed E-state index contributed by atoms with van der Waals surface area (Å²) in [6.45, 7) is 4.97. The lowest BCUT2D eigenvalue weighted by atomic mass is 9.92. The number of hydrogen-bond acceptors (Lipinski definition) is 2. The Hall–Kier alpha value is -0.770. The lowest BCUT2D eigenvalue weighted by Gasteiger charge is -2.28. The molecule has 0 spiro atoms. The van der Waals surface area contributed by atoms with Crippen LogP contribution < -0.4 is 10.6 Å². The molecule has 20 heavy (non-hydrogen) atoms. The van der Waals surface area contributed by atoms with Gasteiger partial charge in [-0.15, -0.1) is 12.4 Å². The van der Waals surface area contributed by atoms with Gasteiger partial charge in [0.25, 0.3) is 0 Å². The first-order chi connectivity index (χ1) is 9.07. The number of nitrogens with one attached hydrogen (secondary N) is 2. The average molecular weight is 317 g/mol. The molecule has 1 aromatic carbocycles. The van der Waals surface area contributed by atoms with Crippen LogP contribution in [0.25, 0.3) is 0 Å². The van der Waals surface area contributed by atoms with Gasteiger partial charge in [0.15, 0.2) is 0 Å². The van der Waals surface area contributed by atoms with E-state index in [9.17, 15) is 4.79 Å². The second-order valence-electron chi connectivity index (χ2n) is 5.22. The molecule has 5 heteroatoms. The summed E-state index contributed by atoms with van der Waals surface area (Å²) >= 11 is 5.98. The van der Waals surface area contributed by atoms with Gasteiger partial charge in [-0.25, -0.2) is 0 Å². The Morgan fingerprint density at radius 2 is 2.30 bits per heavy atom. The van der Waals surface area contributed by atoms with Crippen LogP contribution in [0.3, 0.4) is 0 Å². The van der Waals surface area contributed by atoms with Crippen molar-refractivity contribution < 1.29 is 4.79 Å². The van der Waals surface area contributed by atoms with Crippen molar-refractivity contribution in [2.45, 2.75) is 44.7 Å². The number of hydrogen-bond donors (Lipinski definition) is 2. The molecule has 2 N–H and O–H groups in total. The Balaban J connectivity index is 0.00000200. The molecular formula is C15H22Cl2N2O. The van der Waals surface area contributed by atoms with E-state index in [4.69, 9.17) is 11.6 Å². The minimum atomic E-state index is -0.382. The summed E-state index contributed by atoms with van der Waals surface area (Å²) in [6.07, 6.45) is 2.80. The molecule has 0 aromatic heterocycles. The Morgan fingerprint density at radius 1 is 1.55 bits per heavy atom. The standard InChI is InChI=1S/C15H21ClN2O.ClH/c1-3-15(8-5-9-17-15)14(19)18-11(2)12-6-4-7-13(16)10-12;/h4,6-7,10-11,17H,3,5,8-9H2,1-2H3,(H,18,19);1H. The SMILES string of the molecule is CCC1(C(=O)NC(C)c2cccc(Cl)c2)CCCN1.Cl. The Labute approximate surface area is 131 Å². The highest BCUT2D eigenvalue weighted by atomic mass is 35.5. The van der Waals surface area contributed by atoms with Crippen molar-refractivity contribution in [1.82, 2.24) is 10.6 Å². The maximum absolute atomic E-state index is 12.5. The van der Waals surface area contributed by atoms with E-state index >= 15 is 0 Å². The van der Waals surface area contributed by atoms with E-state index in [0.717, 1.165) is 31.4 Å². The first-order valence-electron chi connectivity index (χ1n) is 6.89. The summed E-state index contributed by atoms with van der Waals surface area (Å²) in [5, 5.41) is 7.14. The molecule has 2 rings (SSSR count). The first kappa shape index (κ1) is 17.3. The molecule has 0 saturated carbocycles. The van der Waals surface area contributed by atoms with Crippen molar-refractivity contribution in [3.63, 3.8) is 0 Å². The maximum atomic E-state index is 12.5. The predicted octanol–water partition coefficient (Wildman–Crippen LogP) is 3.47. The van der Waals surface area contributed by atoms with Crippen LogP contribution in [0.1, 0.15) is 44.7 Å². The van der Waals surface area contributed by atoms with Crippen molar-refractivity contribution in [2.24, 2.45) is 0 Å². The Morgan fingerprint density at radius 3 is 2.85 bits per heavy atom. The molecule has 1 aromatic rings. The number of rotatable bonds is 4. The zero-order valence-corrected chi connectivity index (χ0v) is 13.5. The van der Waals surface area contributed by atoms with E-state index in [1.54, 1.807) is 0 Å². The van der Waals surface area contributed by atoms with Gasteiger partial charge >= 0.3 is 0 Å². The zero-order chi connectivity index (χ0) is 13.9. The van der Waals surface area contributed by atoms with Gasteiger partial charge in [-0.05, 0) is 50.4 Å². The van der Waals surface area contributed by atoms with Gasteiger partial charge in [-0.3, -0.25) is 4.79 Å². The third-order valence-corrected chi connectivity index (χ3v) is 4.21. The fourth-order valence-electron chi connectivity index (χ4n) is 2.66. The summed E-state index contributed by atoms with van der Waals surface area (Å²) in [5.74, 6) is 0.0972. The summed E-state index contributed by atoms with van der Waals surface area (Å²) < 4.78 is 0. The summed E-state index contributed by atoms with van der Waals surface area (Å²) in [5.41, 5.74) is 0.650. The van der Waals surface area contributed by atoms with Crippen LogP contribution in [0.5, 0.6) is 0 Å². The van der Waals surface area contributed by atoms with Crippen molar-refractivity contribution >= 4 is 29.9 Å². The first-order valence-corrected chi connectivity index (χ1v) is 7.26. The third-order valence-electron chi connectivity index (χ3n) is 3.98. The van der Waals surface area contributed by atoms with Gasteiger partial charge in [0, 0.05) is 5.02 Å². The van der Waals surface area contributed by atoms with Gasteiger partial charge in [-0.2, -0.15) is 0 Å². The topological polar surface area (TPSA) is 41.1 Å². The summed E-state index contributed by atoms with van der Waals surface area (Å²) in [6, 6.07) is 7.59. The molecule has 1 fully saturated rings. The number of amides is 1. The van der Waals surface area contributed by atoms with Gasteiger partial charge in [0.05, 0.1) is 11.6 Å². The van der Waals surface area contributed by atoms with Gasteiger partial charge in [-0.1, -0.05) is 30.7 Å². The van der Waals surface area contributed by atoms with Crippen LogP contribution in [0.2, 0.25) is 5.02 Å². The van der Waals surface area contributed by atoms with Crippen molar-refractivity contribution in [3.8, 4) is 0 Å². The summed E-state index contributed by atoms with van der Waals surface area (Å²) in [7, 11) is 0. The lowest BCUT2D eigenvalue weighted by Crippen LogP contribution is -2.53. The second-order valence-corrected chi connectivity index (χ2v) is 5.65. The molecule has 1 aliphatic rings. The number of carbonyl (C=O) groups excluding carboxylic acids is 1. The average Bonchev–Trinajstić information content (AvgIpc) is 2.88. The second kappa shape index (κ2) is 7.30. The summed E-state index contributed by atoms with van der Waals surface area (Å²) in [4.78, 5) is 12.5. The van der Waals surface area contributed by atoms with Gasteiger partial charge in [0.2, 0.25) is 5.91 Å². The third kappa shape index (κ3) is 3.66. The molecule has 1 amide bonds. The highest BCUT2D eigenvalue weighted by molar-refractivity contribution is 6.30. The molecule has 1 aliphatic heterocycles. The smallest absolute Gasteiger partial charge is 0.240 e. The highest BCUT2D eigenvalue weighted by Crippen LogP contribution is 2.25. The van der Waals surface area contributed by atoms with E-state index in [1.807, 2.05) is 31.2 Å². The molecule has 2 unspecified atom stereocenters. The lowest BCUT2D eigenvalue weighted by molar-refractivity contribution is -0.128. The monoisotopic (exact) mass is 316 g/mol. The van der Waals surface area contributed by atoms with E-state index in [2.05, 4.69) is 17.6 Å². The van der Waals surface area contributed by atoms with E-state index in [0.29, 0.717) is 5.02 Å². The molecule has 2 atom stereocenters. The highest BCUT2D eigenvalue weighted by Gasteiger charge is 2.39. The fraction of sp³-hybridized carbons (Fsp3) is 0.533. The fourth-order valence-corrected chi connectivity index (χ4v) is 2.86. The number of carbonyl (C=O) groups is 1. The molecule has 112 valence electrons. The Kier molecular flexibility index (Phi) is 6.31.